The van der Waals surface area contributed by atoms with Crippen LogP contribution in [0.2, 0.25) is 0 Å². The lowest BCUT2D eigenvalue weighted by atomic mass is 10.3. The van der Waals surface area contributed by atoms with Crippen LogP contribution in [0.15, 0.2) is 40.0 Å². The van der Waals surface area contributed by atoms with Gasteiger partial charge in [-0.3, -0.25) is 0 Å². The molecule has 0 radical (unpaired) electrons. The Morgan fingerprint density at radius 3 is 2.84 bits per heavy atom. The van der Waals surface area contributed by atoms with Crippen molar-refractivity contribution in [3.63, 3.8) is 0 Å². The molecule has 0 fully saturated rings. The van der Waals surface area contributed by atoms with Crippen molar-refractivity contribution in [1.82, 2.24) is 10.2 Å². The molecule has 1 heterocycles. The largest absolute Gasteiger partial charge is 0.549 e. The molecule has 0 spiro atoms. The molecule has 0 saturated heterocycles. The molecule has 2 rings (SSSR count). The number of benzene rings is 1. The van der Waals surface area contributed by atoms with E-state index >= 15 is 0 Å². The van der Waals surface area contributed by atoms with Gasteiger partial charge in [-0.05, 0) is 19.1 Å². The van der Waals surface area contributed by atoms with Gasteiger partial charge in [-0.15, -0.1) is 10.2 Å². The van der Waals surface area contributed by atoms with Crippen molar-refractivity contribution < 1.29 is 19.1 Å². The van der Waals surface area contributed by atoms with Gasteiger partial charge in [0, 0.05) is 0 Å². The summed E-state index contributed by atoms with van der Waals surface area (Å²) in [7, 11) is 0. The highest BCUT2D eigenvalue weighted by Crippen LogP contribution is 2.21. The second kappa shape index (κ2) is 6.24. The fraction of sp³-hybridized carbons (Fsp3) is 0.250. The number of carbonyl (C=O) groups excluding carboxylic acids is 1. The molecule has 0 aliphatic heterocycles. The maximum absolute atomic E-state index is 10.6. The molecule has 0 saturated carbocycles. The van der Waals surface area contributed by atoms with Crippen molar-refractivity contribution in [2.45, 2.75) is 24.0 Å². The lowest BCUT2D eigenvalue weighted by Crippen LogP contribution is -2.31. The quantitative estimate of drug-likeness (QED) is 0.725. The fourth-order valence-corrected chi connectivity index (χ4v) is 1.84. The maximum atomic E-state index is 10.6. The zero-order valence-corrected chi connectivity index (χ0v) is 10.9. The predicted molar refractivity (Wildman–Crippen MR) is 65.4 cm³/mol. The first-order valence-corrected chi connectivity index (χ1v) is 6.41. The Labute approximate surface area is 113 Å². The van der Waals surface area contributed by atoms with E-state index in [0.717, 1.165) is 11.8 Å². The SMILES string of the molecule is C[C@H](Sc1nnc(COc2ccccc2)o1)C(=O)[O-]. The first kappa shape index (κ1) is 13.4. The third kappa shape index (κ3) is 3.99. The number of rotatable bonds is 6. The average molecular weight is 279 g/mol. The highest BCUT2D eigenvalue weighted by molar-refractivity contribution is 8.00. The predicted octanol–water partition coefficient (Wildman–Crippen LogP) is 0.879. The molecular formula is C12H11N2O4S-. The molecule has 2 aromatic rings. The van der Waals surface area contributed by atoms with Gasteiger partial charge in [0.1, 0.15) is 5.75 Å². The van der Waals surface area contributed by atoms with Crippen LogP contribution in [0.4, 0.5) is 0 Å². The van der Waals surface area contributed by atoms with Crippen LogP contribution in [0.3, 0.4) is 0 Å². The van der Waals surface area contributed by atoms with Crippen molar-refractivity contribution >= 4 is 17.7 Å². The molecule has 0 unspecified atom stereocenters. The topological polar surface area (TPSA) is 88.3 Å². The van der Waals surface area contributed by atoms with Crippen LogP contribution in [0.1, 0.15) is 12.8 Å². The third-order valence-electron chi connectivity index (χ3n) is 2.16. The molecular weight excluding hydrogens is 268 g/mol. The third-order valence-corrected chi connectivity index (χ3v) is 3.08. The monoisotopic (exact) mass is 279 g/mol. The summed E-state index contributed by atoms with van der Waals surface area (Å²) >= 11 is 0.936. The van der Waals surface area contributed by atoms with Crippen LogP contribution in [0, 0.1) is 0 Å². The molecule has 0 aliphatic rings. The number of aromatic nitrogens is 2. The van der Waals surface area contributed by atoms with Crippen molar-refractivity contribution in [3.8, 4) is 5.75 Å². The molecule has 1 atom stereocenters. The van der Waals surface area contributed by atoms with E-state index in [0.29, 0.717) is 5.75 Å². The summed E-state index contributed by atoms with van der Waals surface area (Å²) in [6.45, 7) is 1.63. The molecule has 1 aromatic heterocycles. The van der Waals surface area contributed by atoms with E-state index in [1.165, 1.54) is 6.92 Å². The Kier molecular flexibility index (Phi) is 4.40. The van der Waals surface area contributed by atoms with E-state index in [1.807, 2.05) is 30.3 Å². The summed E-state index contributed by atoms with van der Waals surface area (Å²) in [4.78, 5) is 10.6. The zero-order valence-electron chi connectivity index (χ0n) is 10.1. The summed E-state index contributed by atoms with van der Waals surface area (Å²) in [6, 6.07) is 9.21. The van der Waals surface area contributed by atoms with Gasteiger partial charge < -0.3 is 19.1 Å². The molecule has 0 N–H and O–H groups in total. The molecule has 0 bridgehead atoms. The Morgan fingerprint density at radius 1 is 1.42 bits per heavy atom. The van der Waals surface area contributed by atoms with Gasteiger partial charge in [0.2, 0.25) is 0 Å². The van der Waals surface area contributed by atoms with Gasteiger partial charge in [0.05, 0.1) is 11.2 Å². The maximum Gasteiger partial charge on any atom is 0.277 e. The van der Waals surface area contributed by atoms with Gasteiger partial charge in [0.15, 0.2) is 6.61 Å². The van der Waals surface area contributed by atoms with E-state index < -0.39 is 11.2 Å². The Bertz CT molecular complexity index is 544. The molecule has 100 valence electrons. The van der Waals surface area contributed by atoms with Crippen LogP contribution >= 0.6 is 11.8 Å². The lowest BCUT2D eigenvalue weighted by Gasteiger charge is -2.07. The average Bonchev–Trinajstić information content (AvgIpc) is 2.85. The van der Waals surface area contributed by atoms with E-state index in [1.54, 1.807) is 0 Å². The second-order valence-corrected chi connectivity index (χ2v) is 4.93. The first-order chi connectivity index (χ1) is 9.15. The Hall–Kier alpha value is -2.02. The number of ether oxygens (including phenoxy) is 1. The highest BCUT2D eigenvalue weighted by atomic mass is 32.2. The summed E-state index contributed by atoms with van der Waals surface area (Å²) in [5.74, 6) is -0.194. The molecule has 19 heavy (non-hydrogen) atoms. The fourth-order valence-electron chi connectivity index (χ4n) is 1.21. The number of para-hydroxylation sites is 1. The molecule has 6 nitrogen and oxygen atoms in total. The lowest BCUT2D eigenvalue weighted by molar-refractivity contribution is -0.304. The molecule has 0 aliphatic carbocycles. The van der Waals surface area contributed by atoms with Crippen LogP contribution in [-0.4, -0.2) is 21.4 Å². The number of thioether (sulfide) groups is 1. The van der Waals surface area contributed by atoms with Gasteiger partial charge in [-0.2, -0.15) is 0 Å². The summed E-state index contributed by atoms with van der Waals surface area (Å²) in [6.07, 6.45) is 0. The van der Waals surface area contributed by atoms with Gasteiger partial charge in [-0.25, -0.2) is 0 Å². The van der Waals surface area contributed by atoms with Crippen molar-refractivity contribution in [2.24, 2.45) is 0 Å². The van der Waals surface area contributed by atoms with Crippen molar-refractivity contribution in [3.05, 3.63) is 36.2 Å². The number of aliphatic carboxylic acids is 1. The summed E-state index contributed by atoms with van der Waals surface area (Å²) in [5, 5.41) is 17.5. The highest BCUT2D eigenvalue weighted by Gasteiger charge is 2.12. The normalized spacial score (nSPS) is 12.1. The van der Waals surface area contributed by atoms with E-state index in [-0.39, 0.29) is 17.7 Å². The second-order valence-electron chi connectivity index (χ2n) is 3.64. The van der Waals surface area contributed by atoms with Crippen LogP contribution < -0.4 is 9.84 Å². The number of hydrogen-bond donors (Lipinski definition) is 0. The number of carboxylic acids is 1. The minimum atomic E-state index is -1.18. The minimum absolute atomic E-state index is 0.136. The van der Waals surface area contributed by atoms with Crippen LogP contribution in [0.5, 0.6) is 5.75 Å². The standard InChI is InChI=1S/C12H12N2O4S/c1-8(11(15)16)19-12-14-13-10(18-12)7-17-9-5-3-2-4-6-9/h2-6,8H,7H2,1H3,(H,15,16)/p-1/t8-/m0/s1. The summed E-state index contributed by atoms with van der Waals surface area (Å²) in [5.41, 5.74) is 0. The zero-order chi connectivity index (χ0) is 13.7. The number of carboxylic acid groups (broad SMARTS) is 1. The molecule has 7 heteroatoms. The van der Waals surface area contributed by atoms with Crippen molar-refractivity contribution in [2.75, 3.05) is 0 Å². The van der Waals surface area contributed by atoms with E-state index in [9.17, 15) is 9.90 Å². The minimum Gasteiger partial charge on any atom is -0.549 e. The number of nitrogens with zero attached hydrogens (tertiary/aromatic N) is 2. The van der Waals surface area contributed by atoms with Gasteiger partial charge >= 0.3 is 0 Å². The van der Waals surface area contributed by atoms with Crippen LogP contribution in [0.25, 0.3) is 0 Å². The first-order valence-electron chi connectivity index (χ1n) is 5.53. The molecule has 0 amide bonds. The summed E-state index contributed by atoms with van der Waals surface area (Å²) < 4.78 is 10.7. The Balaban J connectivity index is 1.89. The number of hydrogen-bond acceptors (Lipinski definition) is 7. The molecule has 1 aromatic carbocycles. The van der Waals surface area contributed by atoms with Crippen LogP contribution in [-0.2, 0) is 11.4 Å². The van der Waals surface area contributed by atoms with E-state index in [2.05, 4.69) is 10.2 Å². The van der Waals surface area contributed by atoms with Gasteiger partial charge in [-0.1, -0.05) is 30.0 Å². The Morgan fingerprint density at radius 2 is 2.16 bits per heavy atom. The van der Waals surface area contributed by atoms with E-state index in [4.69, 9.17) is 9.15 Å². The van der Waals surface area contributed by atoms with Crippen molar-refractivity contribution in [1.29, 1.82) is 0 Å². The smallest absolute Gasteiger partial charge is 0.277 e. The number of carbonyl (C=O) groups is 1. The van der Waals surface area contributed by atoms with Gasteiger partial charge in [0.25, 0.3) is 11.1 Å².